The summed E-state index contributed by atoms with van der Waals surface area (Å²) in [5.41, 5.74) is -2.43. The highest BCUT2D eigenvalue weighted by Gasteiger charge is 2.72. The molecule has 0 heterocycles. The Kier molecular flexibility index (Phi) is 21.3. The first-order valence-electron chi connectivity index (χ1n) is 25.1. The molecule has 4 rings (SSSR count). The number of ether oxygens (including phenoxy) is 3. The molecule has 62 heavy (non-hydrogen) atoms. The third-order valence-corrected chi connectivity index (χ3v) is 15.8. The van der Waals surface area contributed by atoms with Crippen LogP contribution >= 0.6 is 0 Å². The zero-order valence-electron chi connectivity index (χ0n) is 39.5. The van der Waals surface area contributed by atoms with Gasteiger partial charge in [0.15, 0.2) is 12.4 Å². The van der Waals surface area contributed by atoms with Crippen molar-refractivity contribution in [3.05, 3.63) is 23.8 Å². The molecule has 3 fully saturated rings. The average molecular weight is 871 g/mol. The third kappa shape index (κ3) is 13.6. The number of hydrogen-bond acceptors (Lipinski definition) is 10. The topological polar surface area (TPSA) is 157 Å². The fraction of sp³-hybridized carbons (Fsp3) is 0.846. The van der Waals surface area contributed by atoms with E-state index in [1.165, 1.54) is 83.5 Å². The minimum Gasteiger partial charge on any atom is -0.458 e. The Bertz CT molecular complexity index is 1490. The van der Waals surface area contributed by atoms with Crippen molar-refractivity contribution in [1.29, 1.82) is 0 Å². The maximum absolute atomic E-state index is 13.7. The van der Waals surface area contributed by atoms with Gasteiger partial charge in [-0.2, -0.15) is 0 Å². The highest BCUT2D eigenvalue weighted by molar-refractivity contribution is 6.01. The Labute approximate surface area is 374 Å². The number of esters is 2. The zero-order valence-corrected chi connectivity index (χ0v) is 39.5. The molecule has 0 aromatic carbocycles. The standard InChI is InChI=1S/C52H86O10/c1-6-7-8-9-10-11-12-13-14-15-16-17-18-22-25-32-60-37-41(36-53)62-47(58)27-24-21-19-20-23-26-46(57)61-38-45(56)52(59)31-29-44-50(4)34-39(2)42-33-40(54)28-30-49(42,3)48(50)43(55)35-51(44,52)5/h28,30,33,39,41,43-44,48,53,55,59H,6-27,29,31-32,34-38H2,1-5H3/t39-,41-,43-,44-,48+,49-,50-,51-,52-/m1/s1. The molecule has 4 aliphatic rings. The van der Waals surface area contributed by atoms with Crippen LogP contribution in [0.25, 0.3) is 0 Å². The molecule has 0 amide bonds. The Morgan fingerprint density at radius 1 is 0.790 bits per heavy atom. The predicted molar refractivity (Wildman–Crippen MR) is 243 cm³/mol. The molecule has 3 N–H and O–H groups in total. The molecule has 0 spiro atoms. The van der Waals surface area contributed by atoms with Crippen LogP contribution in [0.3, 0.4) is 0 Å². The SMILES string of the molecule is CCCCCCCCCCCCCCCCCOC[C@@H](CO)OC(=O)CCCCCCCC(=O)OCC(=O)[C@]1(O)CC[C@@H]2[C@@]3(C)C[C@@H](C)C4=CC(=O)C=C[C@@]4(C)[C@@H]3[C@H](O)C[C@]21C. The molecule has 9 atom stereocenters. The lowest BCUT2D eigenvalue weighted by atomic mass is 9.39. The fourth-order valence-electron chi connectivity index (χ4n) is 12.6. The molecular weight excluding hydrogens is 785 g/mol. The number of unbranched alkanes of at least 4 members (excludes halogenated alkanes) is 18. The van der Waals surface area contributed by atoms with Gasteiger partial charge in [0.25, 0.3) is 0 Å². The van der Waals surface area contributed by atoms with Crippen molar-refractivity contribution in [3.8, 4) is 0 Å². The number of hydrogen-bond donors (Lipinski definition) is 3. The summed E-state index contributed by atoms with van der Waals surface area (Å²) >= 11 is 0. The Morgan fingerprint density at radius 3 is 1.92 bits per heavy atom. The molecule has 0 aliphatic heterocycles. The van der Waals surface area contributed by atoms with Crippen LogP contribution in [0.2, 0.25) is 0 Å². The van der Waals surface area contributed by atoms with Gasteiger partial charge in [-0.05, 0) is 74.3 Å². The van der Waals surface area contributed by atoms with Gasteiger partial charge in [0.1, 0.15) is 11.7 Å². The van der Waals surface area contributed by atoms with Crippen LogP contribution in [-0.2, 0) is 33.4 Å². The number of aliphatic hydroxyl groups is 3. The minimum absolute atomic E-state index is 0.0251. The maximum atomic E-state index is 13.7. The van der Waals surface area contributed by atoms with E-state index >= 15 is 0 Å². The van der Waals surface area contributed by atoms with E-state index in [0.717, 1.165) is 44.1 Å². The first-order chi connectivity index (χ1) is 29.7. The van der Waals surface area contributed by atoms with Crippen molar-refractivity contribution in [3.63, 3.8) is 0 Å². The first kappa shape index (κ1) is 52.2. The van der Waals surface area contributed by atoms with Gasteiger partial charge in [0, 0.05) is 36.2 Å². The van der Waals surface area contributed by atoms with Crippen molar-refractivity contribution in [2.75, 3.05) is 26.4 Å². The van der Waals surface area contributed by atoms with Crippen molar-refractivity contribution in [2.24, 2.45) is 34.0 Å². The Morgan fingerprint density at radius 2 is 1.34 bits per heavy atom. The summed E-state index contributed by atoms with van der Waals surface area (Å²) in [6.45, 7) is 10.7. The lowest BCUT2D eigenvalue weighted by Gasteiger charge is -2.66. The first-order valence-corrected chi connectivity index (χ1v) is 25.1. The van der Waals surface area contributed by atoms with E-state index in [9.17, 15) is 34.5 Å². The number of carbonyl (C=O) groups excluding carboxylic acids is 4. The molecular formula is C52H86O10. The lowest BCUT2D eigenvalue weighted by Crippen LogP contribution is -2.66. The number of rotatable bonds is 31. The van der Waals surface area contributed by atoms with Crippen molar-refractivity contribution in [1.82, 2.24) is 0 Å². The summed E-state index contributed by atoms with van der Waals surface area (Å²) in [5.74, 6) is -1.45. The van der Waals surface area contributed by atoms with E-state index in [1.807, 2.05) is 13.0 Å². The molecule has 0 aromatic heterocycles. The molecule has 10 heteroatoms. The molecule has 0 aromatic rings. The van der Waals surface area contributed by atoms with E-state index in [0.29, 0.717) is 25.9 Å². The average Bonchev–Trinajstić information content (AvgIpc) is 3.51. The summed E-state index contributed by atoms with van der Waals surface area (Å²) < 4.78 is 16.5. The quantitative estimate of drug-likeness (QED) is 0.0453. The molecule has 10 nitrogen and oxygen atoms in total. The number of ketones is 2. The summed E-state index contributed by atoms with van der Waals surface area (Å²) in [6, 6.07) is 0. The maximum Gasteiger partial charge on any atom is 0.306 e. The third-order valence-electron chi connectivity index (χ3n) is 15.8. The summed E-state index contributed by atoms with van der Waals surface area (Å²) in [7, 11) is 0. The molecule has 3 saturated carbocycles. The van der Waals surface area contributed by atoms with Crippen LogP contribution in [0, 0.1) is 34.0 Å². The van der Waals surface area contributed by atoms with Gasteiger partial charge < -0.3 is 29.5 Å². The summed E-state index contributed by atoms with van der Waals surface area (Å²) in [5, 5.41) is 33.6. The predicted octanol–water partition coefficient (Wildman–Crippen LogP) is 10.3. The largest absolute Gasteiger partial charge is 0.458 e. The van der Waals surface area contributed by atoms with Crippen molar-refractivity contribution < 1.29 is 48.7 Å². The Balaban J connectivity index is 1.02. The van der Waals surface area contributed by atoms with Gasteiger partial charge in [0.05, 0.1) is 19.3 Å². The molecule has 354 valence electrons. The van der Waals surface area contributed by atoms with Crippen LogP contribution < -0.4 is 0 Å². The van der Waals surface area contributed by atoms with Gasteiger partial charge in [-0.1, -0.05) is 155 Å². The van der Waals surface area contributed by atoms with E-state index in [2.05, 4.69) is 27.7 Å². The lowest BCUT2D eigenvalue weighted by molar-refractivity contribution is -0.205. The zero-order chi connectivity index (χ0) is 45.2. The minimum atomic E-state index is -1.72. The second kappa shape index (κ2) is 25.3. The van der Waals surface area contributed by atoms with Crippen molar-refractivity contribution >= 4 is 23.5 Å². The second-order valence-electron chi connectivity index (χ2n) is 20.5. The number of carbonyl (C=O) groups is 4. The van der Waals surface area contributed by atoms with Gasteiger partial charge in [0.2, 0.25) is 5.78 Å². The fourth-order valence-corrected chi connectivity index (χ4v) is 12.6. The highest BCUT2D eigenvalue weighted by atomic mass is 16.6. The molecule has 0 unspecified atom stereocenters. The monoisotopic (exact) mass is 871 g/mol. The van der Waals surface area contributed by atoms with E-state index in [-0.39, 0.29) is 73.8 Å². The van der Waals surface area contributed by atoms with Gasteiger partial charge in [-0.3, -0.25) is 19.2 Å². The summed E-state index contributed by atoms with van der Waals surface area (Å²) in [4.78, 5) is 51.1. The van der Waals surface area contributed by atoms with Crippen LogP contribution in [-0.4, -0.2) is 83.1 Å². The molecule has 0 bridgehead atoms. The van der Waals surface area contributed by atoms with Gasteiger partial charge in [-0.25, -0.2) is 0 Å². The van der Waals surface area contributed by atoms with Crippen LogP contribution in [0.4, 0.5) is 0 Å². The highest BCUT2D eigenvalue weighted by Crippen LogP contribution is 2.72. The molecule has 0 radical (unpaired) electrons. The smallest absolute Gasteiger partial charge is 0.306 e. The second-order valence-corrected chi connectivity index (χ2v) is 20.5. The summed E-state index contributed by atoms with van der Waals surface area (Å²) in [6.07, 6.45) is 29.4. The van der Waals surface area contributed by atoms with E-state index < -0.39 is 47.0 Å². The van der Waals surface area contributed by atoms with E-state index in [4.69, 9.17) is 14.2 Å². The molecule has 4 aliphatic carbocycles. The van der Waals surface area contributed by atoms with Crippen LogP contribution in [0.15, 0.2) is 23.8 Å². The Hall–Kier alpha value is -2.40. The number of fused-ring (bicyclic) bond motifs is 5. The van der Waals surface area contributed by atoms with Crippen molar-refractivity contribution in [2.45, 2.75) is 219 Å². The molecule has 0 saturated heterocycles. The normalized spacial score (nSPS) is 30.6. The van der Waals surface area contributed by atoms with Crippen LogP contribution in [0.1, 0.15) is 202 Å². The number of aliphatic hydroxyl groups excluding tert-OH is 2. The number of allylic oxidation sites excluding steroid dienone is 4. The van der Waals surface area contributed by atoms with E-state index in [1.54, 1.807) is 12.2 Å². The number of Topliss-reactive ketones (excluding diaryl/α,β-unsaturated/α-hetero) is 1. The van der Waals surface area contributed by atoms with Gasteiger partial charge in [-0.15, -0.1) is 0 Å². The van der Waals surface area contributed by atoms with Gasteiger partial charge >= 0.3 is 11.9 Å². The van der Waals surface area contributed by atoms with Crippen LogP contribution in [0.5, 0.6) is 0 Å².